The lowest BCUT2D eigenvalue weighted by Crippen LogP contribution is -2.34. The van der Waals surface area contributed by atoms with Crippen molar-refractivity contribution in [2.75, 3.05) is 42.9 Å². The van der Waals surface area contributed by atoms with Crippen molar-refractivity contribution in [1.29, 1.82) is 0 Å². The molecule has 37 heavy (non-hydrogen) atoms. The van der Waals surface area contributed by atoms with Crippen molar-refractivity contribution in [3.63, 3.8) is 0 Å². The number of amides is 3. The van der Waals surface area contributed by atoms with E-state index in [1.54, 1.807) is 6.20 Å². The third-order valence-electron chi connectivity index (χ3n) is 7.57. The third-order valence-corrected chi connectivity index (χ3v) is 7.57. The molecule has 3 amide bonds. The van der Waals surface area contributed by atoms with Crippen LogP contribution in [0.15, 0.2) is 66.9 Å². The van der Waals surface area contributed by atoms with Crippen molar-refractivity contribution in [3.8, 4) is 0 Å². The monoisotopic (exact) mass is 497 g/mol. The summed E-state index contributed by atoms with van der Waals surface area (Å²) < 4.78 is 0. The number of rotatable bonds is 7. The SMILES string of the molecule is Cc1ccnc(C)c1C(=O)N1CC2CN(c3cccc(CCCNC(=O)Nc4ccccc4)c3)CC2C1. The average Bonchev–Trinajstić information content (AvgIpc) is 3.47. The van der Waals surface area contributed by atoms with Gasteiger partial charge in [0, 0.05) is 62.1 Å². The van der Waals surface area contributed by atoms with E-state index in [9.17, 15) is 9.59 Å². The van der Waals surface area contributed by atoms with Gasteiger partial charge in [0.25, 0.3) is 5.91 Å². The molecule has 2 saturated heterocycles. The highest BCUT2D eigenvalue weighted by Gasteiger charge is 2.42. The van der Waals surface area contributed by atoms with Crippen molar-refractivity contribution in [1.82, 2.24) is 15.2 Å². The molecule has 2 atom stereocenters. The molecule has 2 aliphatic heterocycles. The number of aryl methyl sites for hydroxylation is 3. The lowest BCUT2D eigenvalue weighted by Gasteiger charge is -2.24. The van der Waals surface area contributed by atoms with Gasteiger partial charge in [0.05, 0.1) is 11.3 Å². The minimum absolute atomic E-state index is 0.122. The lowest BCUT2D eigenvalue weighted by atomic mass is 10.0. The molecule has 1 aromatic heterocycles. The van der Waals surface area contributed by atoms with Gasteiger partial charge >= 0.3 is 6.03 Å². The second-order valence-corrected chi connectivity index (χ2v) is 10.2. The van der Waals surface area contributed by atoms with Crippen LogP contribution in [0.4, 0.5) is 16.2 Å². The molecule has 7 heteroatoms. The van der Waals surface area contributed by atoms with E-state index in [1.807, 2.05) is 55.1 Å². The van der Waals surface area contributed by atoms with Gasteiger partial charge in [0.15, 0.2) is 0 Å². The van der Waals surface area contributed by atoms with Crippen molar-refractivity contribution in [3.05, 3.63) is 89.2 Å². The first-order chi connectivity index (χ1) is 18.0. The van der Waals surface area contributed by atoms with Crippen LogP contribution < -0.4 is 15.5 Å². The number of nitrogens with one attached hydrogen (secondary N) is 2. The van der Waals surface area contributed by atoms with Gasteiger partial charge in [-0.2, -0.15) is 0 Å². The zero-order valence-electron chi connectivity index (χ0n) is 21.6. The average molecular weight is 498 g/mol. The molecule has 0 spiro atoms. The highest BCUT2D eigenvalue weighted by Crippen LogP contribution is 2.35. The number of nitrogens with zero attached hydrogens (tertiary/aromatic N) is 3. The fraction of sp³-hybridized carbons (Fsp3) is 0.367. The zero-order valence-corrected chi connectivity index (χ0v) is 21.6. The van der Waals surface area contributed by atoms with Gasteiger partial charge in [-0.05, 0) is 68.1 Å². The molecule has 2 aromatic carbocycles. The Morgan fingerprint density at radius 2 is 1.70 bits per heavy atom. The first kappa shape index (κ1) is 24.8. The Morgan fingerprint density at radius 1 is 0.946 bits per heavy atom. The number of pyridine rings is 1. The summed E-state index contributed by atoms with van der Waals surface area (Å²) in [6, 6.07) is 19.9. The minimum Gasteiger partial charge on any atom is -0.371 e. The smallest absolute Gasteiger partial charge is 0.319 e. The number of urea groups is 1. The van der Waals surface area contributed by atoms with Crippen LogP contribution in [0.1, 0.15) is 33.6 Å². The number of benzene rings is 2. The fourth-order valence-corrected chi connectivity index (χ4v) is 5.65. The summed E-state index contributed by atoms with van der Waals surface area (Å²) in [7, 11) is 0. The maximum absolute atomic E-state index is 13.2. The molecule has 0 radical (unpaired) electrons. The van der Waals surface area contributed by atoms with Gasteiger partial charge in [-0.3, -0.25) is 9.78 Å². The van der Waals surface area contributed by atoms with Gasteiger partial charge < -0.3 is 20.4 Å². The van der Waals surface area contributed by atoms with E-state index in [0.717, 1.165) is 61.5 Å². The highest BCUT2D eigenvalue weighted by atomic mass is 16.2. The predicted molar refractivity (Wildman–Crippen MR) is 147 cm³/mol. The number of aromatic nitrogens is 1. The van der Waals surface area contributed by atoms with Crippen molar-refractivity contribution in [2.45, 2.75) is 26.7 Å². The van der Waals surface area contributed by atoms with Gasteiger partial charge in [-0.1, -0.05) is 30.3 Å². The highest BCUT2D eigenvalue weighted by molar-refractivity contribution is 5.96. The van der Waals surface area contributed by atoms with Crippen LogP contribution in [0.25, 0.3) is 0 Å². The van der Waals surface area contributed by atoms with Gasteiger partial charge in [-0.15, -0.1) is 0 Å². The number of para-hydroxylation sites is 1. The number of anilines is 2. The van der Waals surface area contributed by atoms with E-state index in [1.165, 1.54) is 11.3 Å². The molecule has 7 nitrogen and oxygen atoms in total. The Hall–Kier alpha value is -3.87. The van der Waals surface area contributed by atoms with E-state index in [-0.39, 0.29) is 11.9 Å². The molecular weight excluding hydrogens is 462 g/mol. The van der Waals surface area contributed by atoms with Crippen LogP contribution >= 0.6 is 0 Å². The summed E-state index contributed by atoms with van der Waals surface area (Å²) in [5, 5.41) is 5.78. The number of fused-ring (bicyclic) bond motifs is 1. The third kappa shape index (κ3) is 5.77. The Kier molecular flexibility index (Phi) is 7.40. The van der Waals surface area contributed by atoms with E-state index < -0.39 is 0 Å². The summed E-state index contributed by atoms with van der Waals surface area (Å²) >= 11 is 0. The Bertz CT molecular complexity index is 1230. The maximum atomic E-state index is 13.2. The molecule has 192 valence electrons. The molecule has 3 heterocycles. The van der Waals surface area contributed by atoms with Crippen molar-refractivity contribution in [2.24, 2.45) is 11.8 Å². The van der Waals surface area contributed by atoms with Crippen LogP contribution in [-0.4, -0.2) is 54.5 Å². The molecule has 2 unspecified atom stereocenters. The minimum atomic E-state index is -0.176. The number of hydrogen-bond acceptors (Lipinski definition) is 4. The van der Waals surface area contributed by atoms with E-state index in [2.05, 4.69) is 44.8 Å². The van der Waals surface area contributed by atoms with Crippen LogP contribution in [-0.2, 0) is 6.42 Å². The fourth-order valence-electron chi connectivity index (χ4n) is 5.65. The normalized spacial score (nSPS) is 18.5. The Balaban J connectivity index is 1.10. The molecule has 3 aromatic rings. The predicted octanol–water partition coefficient (Wildman–Crippen LogP) is 4.66. The van der Waals surface area contributed by atoms with Crippen LogP contribution in [0.3, 0.4) is 0 Å². The summed E-state index contributed by atoms with van der Waals surface area (Å²) in [5.74, 6) is 1.12. The standard InChI is InChI=1S/C30H35N5O2/c1-21-13-15-31-22(2)28(21)29(36)35-19-24-17-34(18-25(24)20-35)27-12-6-8-23(16-27)9-7-14-32-30(37)33-26-10-4-3-5-11-26/h3-6,8,10-13,15-16,24-25H,7,9,14,17-20H2,1-2H3,(H2,32,33,37). The molecular formula is C30H35N5O2. The van der Waals surface area contributed by atoms with Crippen LogP contribution in [0.2, 0.25) is 0 Å². The molecule has 5 rings (SSSR count). The quantitative estimate of drug-likeness (QED) is 0.466. The molecule has 0 bridgehead atoms. The molecule has 2 N–H and O–H groups in total. The lowest BCUT2D eigenvalue weighted by molar-refractivity contribution is 0.0780. The summed E-state index contributed by atoms with van der Waals surface area (Å²) in [5.41, 5.74) is 5.89. The first-order valence-electron chi connectivity index (χ1n) is 13.1. The van der Waals surface area contributed by atoms with Gasteiger partial charge in [-0.25, -0.2) is 4.79 Å². The van der Waals surface area contributed by atoms with Gasteiger partial charge in [0.1, 0.15) is 0 Å². The summed E-state index contributed by atoms with van der Waals surface area (Å²) in [4.78, 5) is 34.1. The summed E-state index contributed by atoms with van der Waals surface area (Å²) in [6.45, 7) is 8.10. The topological polar surface area (TPSA) is 77.6 Å². The van der Waals surface area contributed by atoms with E-state index >= 15 is 0 Å². The van der Waals surface area contributed by atoms with Crippen LogP contribution in [0, 0.1) is 25.7 Å². The number of likely N-dealkylation sites (tertiary alicyclic amines) is 1. The van der Waals surface area contributed by atoms with Crippen molar-refractivity contribution >= 4 is 23.3 Å². The number of carbonyl (C=O) groups excluding carboxylic acids is 2. The molecule has 0 aliphatic carbocycles. The zero-order chi connectivity index (χ0) is 25.8. The maximum Gasteiger partial charge on any atom is 0.319 e. The Morgan fingerprint density at radius 3 is 2.43 bits per heavy atom. The van der Waals surface area contributed by atoms with E-state index in [4.69, 9.17) is 0 Å². The van der Waals surface area contributed by atoms with Crippen LogP contribution in [0.5, 0.6) is 0 Å². The summed E-state index contributed by atoms with van der Waals surface area (Å²) in [6.07, 6.45) is 3.55. The first-order valence-corrected chi connectivity index (χ1v) is 13.1. The molecule has 0 saturated carbocycles. The second-order valence-electron chi connectivity index (χ2n) is 10.2. The van der Waals surface area contributed by atoms with Crippen molar-refractivity contribution < 1.29 is 9.59 Å². The second kappa shape index (κ2) is 11.0. The largest absolute Gasteiger partial charge is 0.371 e. The Labute approximate surface area is 218 Å². The van der Waals surface area contributed by atoms with Gasteiger partial charge in [0.2, 0.25) is 0 Å². The number of carbonyl (C=O) groups is 2. The molecule has 2 fully saturated rings. The molecule has 2 aliphatic rings. The number of hydrogen-bond donors (Lipinski definition) is 2. The van der Waals surface area contributed by atoms with E-state index in [0.29, 0.717) is 18.4 Å².